The van der Waals surface area contributed by atoms with Gasteiger partial charge in [-0.25, -0.2) is 4.98 Å². The first-order chi connectivity index (χ1) is 15.3. The van der Waals surface area contributed by atoms with Crippen molar-refractivity contribution >= 4 is 46.0 Å². The van der Waals surface area contributed by atoms with Gasteiger partial charge in [-0.05, 0) is 56.3 Å². The van der Waals surface area contributed by atoms with Crippen LogP contribution in [0.3, 0.4) is 0 Å². The quantitative estimate of drug-likeness (QED) is 0.289. The minimum atomic E-state index is -0.246. The molecule has 1 amide bonds. The summed E-state index contributed by atoms with van der Waals surface area (Å²) in [5.41, 5.74) is 1.10. The van der Waals surface area contributed by atoms with E-state index < -0.39 is 0 Å². The number of methoxy groups -OCH3 is 1. The molecule has 3 rings (SSSR count). The maximum atomic E-state index is 13.1. The summed E-state index contributed by atoms with van der Waals surface area (Å²) < 4.78 is 6.63. The van der Waals surface area contributed by atoms with Gasteiger partial charge in [0.2, 0.25) is 0 Å². The predicted molar refractivity (Wildman–Crippen MR) is 127 cm³/mol. The van der Waals surface area contributed by atoms with E-state index in [4.69, 9.17) is 16.3 Å². The van der Waals surface area contributed by atoms with Gasteiger partial charge in [-0.15, -0.1) is 0 Å². The highest BCUT2D eigenvalue weighted by Gasteiger charge is 2.16. The van der Waals surface area contributed by atoms with Gasteiger partial charge < -0.3 is 10.1 Å². The van der Waals surface area contributed by atoms with Crippen LogP contribution >= 0.6 is 23.4 Å². The van der Waals surface area contributed by atoms with Gasteiger partial charge in [0.05, 0.1) is 29.8 Å². The molecule has 0 spiro atoms. The summed E-state index contributed by atoms with van der Waals surface area (Å²) in [7, 11) is 1.55. The van der Waals surface area contributed by atoms with Crippen LogP contribution in [-0.4, -0.2) is 46.8 Å². The third-order valence-corrected chi connectivity index (χ3v) is 5.85. The first kappa shape index (κ1) is 24.0. The molecule has 0 aliphatic heterocycles. The number of carbonyl (C=O) groups is 2. The topological polar surface area (TPSA) is 90.3 Å². The number of nitrogens with one attached hydrogen (secondary N) is 1. The number of fused-ring (bicyclic) bond motifs is 1. The number of hydrogen-bond donors (Lipinski definition) is 1. The first-order valence-corrected chi connectivity index (χ1v) is 11.4. The summed E-state index contributed by atoms with van der Waals surface area (Å²) in [6.45, 7) is 4.36. The van der Waals surface area contributed by atoms with Crippen molar-refractivity contribution in [1.29, 1.82) is 0 Å². The fourth-order valence-electron chi connectivity index (χ4n) is 3.03. The van der Waals surface area contributed by atoms with Crippen molar-refractivity contribution in [2.24, 2.45) is 0 Å². The maximum Gasteiger partial charge on any atom is 0.262 e. The lowest BCUT2D eigenvalue weighted by molar-refractivity contribution is 0.0942. The molecule has 0 atom stereocenters. The molecule has 0 saturated heterocycles. The Hall–Kier alpha value is -2.68. The van der Waals surface area contributed by atoms with E-state index in [-0.39, 0.29) is 29.0 Å². The van der Waals surface area contributed by atoms with Crippen LogP contribution in [0.4, 0.5) is 0 Å². The van der Waals surface area contributed by atoms with Gasteiger partial charge in [-0.1, -0.05) is 23.4 Å². The monoisotopic (exact) mass is 473 g/mol. The Bertz CT molecular complexity index is 1190. The summed E-state index contributed by atoms with van der Waals surface area (Å²) in [5.74, 6) is -0.246. The van der Waals surface area contributed by atoms with Crippen LogP contribution in [0.25, 0.3) is 10.9 Å². The number of Topliss-reactive ketones (excluding diaryl/α,β-unsaturated/α-hetero) is 1. The van der Waals surface area contributed by atoms with Crippen LogP contribution in [-0.2, 0) is 11.3 Å². The molecule has 32 heavy (non-hydrogen) atoms. The minimum absolute atomic E-state index is 0.0156. The Kier molecular flexibility index (Phi) is 8.06. The van der Waals surface area contributed by atoms with Crippen molar-refractivity contribution < 1.29 is 14.3 Å². The molecule has 7 nitrogen and oxygen atoms in total. The SMILES string of the molecule is COCCn1c(SCC(=O)c2ccc(Cl)cc2)nc2cc(C(=O)NC(C)C)ccc2c1=O. The van der Waals surface area contributed by atoms with Gasteiger partial charge in [0.25, 0.3) is 11.5 Å². The standard InChI is InChI=1S/C23H24ClN3O4S/c1-14(2)25-21(29)16-6-9-18-19(12-16)26-23(27(22(18)30)10-11-31-3)32-13-20(28)15-4-7-17(24)8-5-15/h4-9,12,14H,10-11,13H2,1-3H3,(H,25,29). The predicted octanol–water partition coefficient (Wildman–Crippen LogP) is 3.81. The van der Waals surface area contributed by atoms with Gasteiger partial charge in [-0.3, -0.25) is 19.0 Å². The Morgan fingerprint density at radius 1 is 1.16 bits per heavy atom. The Balaban J connectivity index is 1.95. The molecule has 2 aromatic carbocycles. The van der Waals surface area contributed by atoms with Gasteiger partial charge >= 0.3 is 0 Å². The van der Waals surface area contributed by atoms with Crippen LogP contribution in [0.1, 0.15) is 34.6 Å². The molecular formula is C23H24ClN3O4S. The van der Waals surface area contributed by atoms with Gasteiger partial charge in [-0.2, -0.15) is 0 Å². The largest absolute Gasteiger partial charge is 0.383 e. The number of benzene rings is 2. The highest BCUT2D eigenvalue weighted by atomic mass is 35.5. The van der Waals surface area contributed by atoms with Crippen molar-refractivity contribution in [3.05, 3.63) is 69.0 Å². The average molecular weight is 474 g/mol. The molecule has 0 aliphatic carbocycles. The van der Waals surface area contributed by atoms with Crippen molar-refractivity contribution in [2.75, 3.05) is 19.5 Å². The number of carbonyl (C=O) groups excluding carboxylic acids is 2. The molecule has 0 unspecified atom stereocenters. The Morgan fingerprint density at radius 3 is 2.50 bits per heavy atom. The molecular weight excluding hydrogens is 450 g/mol. The third kappa shape index (κ3) is 5.76. The molecule has 1 N–H and O–H groups in total. The zero-order valence-corrected chi connectivity index (χ0v) is 19.6. The van der Waals surface area contributed by atoms with Gasteiger partial charge in [0.15, 0.2) is 10.9 Å². The van der Waals surface area contributed by atoms with Crippen LogP contribution in [0.2, 0.25) is 5.02 Å². The molecule has 0 saturated carbocycles. The summed E-state index contributed by atoms with van der Waals surface area (Å²) in [4.78, 5) is 42.7. The Morgan fingerprint density at radius 2 is 1.84 bits per heavy atom. The summed E-state index contributed by atoms with van der Waals surface area (Å²) >= 11 is 7.06. The van der Waals surface area contributed by atoms with E-state index in [1.807, 2.05) is 13.8 Å². The number of aromatic nitrogens is 2. The molecule has 0 bridgehead atoms. The number of amides is 1. The Labute approximate surface area is 195 Å². The van der Waals surface area contributed by atoms with Gasteiger partial charge in [0, 0.05) is 29.3 Å². The van der Waals surface area contributed by atoms with E-state index >= 15 is 0 Å². The normalized spacial score (nSPS) is 11.2. The van der Waals surface area contributed by atoms with Crippen molar-refractivity contribution in [3.63, 3.8) is 0 Å². The second kappa shape index (κ2) is 10.8. The lowest BCUT2D eigenvalue weighted by atomic mass is 10.1. The fraction of sp³-hybridized carbons (Fsp3) is 0.304. The number of ether oxygens (including phenoxy) is 1. The van der Waals surface area contributed by atoms with Crippen LogP contribution in [0, 0.1) is 0 Å². The van der Waals surface area contributed by atoms with Crippen molar-refractivity contribution in [2.45, 2.75) is 31.6 Å². The first-order valence-electron chi connectivity index (χ1n) is 10.1. The average Bonchev–Trinajstić information content (AvgIpc) is 2.76. The maximum absolute atomic E-state index is 13.1. The molecule has 3 aromatic rings. The second-order valence-electron chi connectivity index (χ2n) is 7.42. The second-order valence-corrected chi connectivity index (χ2v) is 8.80. The molecule has 0 aliphatic rings. The molecule has 0 fully saturated rings. The van der Waals surface area contributed by atoms with Gasteiger partial charge in [0.1, 0.15) is 0 Å². The van der Waals surface area contributed by atoms with Crippen molar-refractivity contribution in [1.82, 2.24) is 14.9 Å². The van der Waals surface area contributed by atoms with E-state index in [0.717, 1.165) is 0 Å². The number of ketones is 1. The number of thioether (sulfide) groups is 1. The van der Waals surface area contributed by atoms with E-state index in [1.54, 1.807) is 49.6 Å². The van der Waals surface area contributed by atoms with E-state index in [2.05, 4.69) is 10.3 Å². The minimum Gasteiger partial charge on any atom is -0.383 e. The molecule has 0 radical (unpaired) electrons. The van der Waals surface area contributed by atoms with E-state index in [1.165, 1.54) is 16.3 Å². The summed E-state index contributed by atoms with van der Waals surface area (Å²) in [6.07, 6.45) is 0. The van der Waals surface area contributed by atoms with E-state index in [0.29, 0.717) is 45.4 Å². The zero-order chi connectivity index (χ0) is 23.3. The smallest absolute Gasteiger partial charge is 0.262 e. The molecule has 1 aromatic heterocycles. The third-order valence-electron chi connectivity index (χ3n) is 4.62. The lowest BCUT2D eigenvalue weighted by Gasteiger charge is -2.13. The number of rotatable bonds is 9. The van der Waals surface area contributed by atoms with Crippen LogP contribution in [0.5, 0.6) is 0 Å². The summed E-state index contributed by atoms with van der Waals surface area (Å²) in [5, 5.41) is 4.17. The number of nitrogens with zero attached hydrogens (tertiary/aromatic N) is 2. The van der Waals surface area contributed by atoms with Crippen LogP contribution < -0.4 is 10.9 Å². The molecule has 168 valence electrons. The zero-order valence-electron chi connectivity index (χ0n) is 18.1. The van der Waals surface area contributed by atoms with E-state index in [9.17, 15) is 14.4 Å². The number of halogens is 1. The van der Waals surface area contributed by atoms with Crippen LogP contribution in [0.15, 0.2) is 52.4 Å². The fourth-order valence-corrected chi connectivity index (χ4v) is 4.07. The summed E-state index contributed by atoms with van der Waals surface area (Å²) in [6, 6.07) is 11.4. The highest BCUT2D eigenvalue weighted by Crippen LogP contribution is 2.21. The molecule has 9 heteroatoms. The van der Waals surface area contributed by atoms with Crippen molar-refractivity contribution in [3.8, 4) is 0 Å². The highest BCUT2D eigenvalue weighted by molar-refractivity contribution is 7.99. The lowest BCUT2D eigenvalue weighted by Crippen LogP contribution is -2.30. The molecule has 1 heterocycles. The number of hydrogen-bond acceptors (Lipinski definition) is 6.